The Balaban J connectivity index is 1.33. The number of methoxy groups -OCH3 is 1. The van der Waals surface area contributed by atoms with E-state index in [-0.39, 0.29) is 11.9 Å². The third-order valence-corrected chi connectivity index (χ3v) is 5.61. The van der Waals surface area contributed by atoms with E-state index in [0.29, 0.717) is 6.54 Å². The third-order valence-electron chi connectivity index (χ3n) is 5.61. The smallest absolute Gasteiger partial charge is 0.277 e. The minimum atomic E-state index is -0.0225. The van der Waals surface area contributed by atoms with Crippen LogP contribution < -0.4 is 15.0 Å². The van der Waals surface area contributed by atoms with Crippen LogP contribution in [0.25, 0.3) is 0 Å². The molecular weight excluding hydrogens is 378 g/mol. The van der Waals surface area contributed by atoms with Crippen molar-refractivity contribution in [1.29, 1.82) is 0 Å². The molecule has 0 radical (unpaired) electrons. The van der Waals surface area contributed by atoms with Crippen LogP contribution in [-0.4, -0.2) is 50.6 Å². The molecular formula is C24H28N3O3+. The maximum atomic E-state index is 12.9. The predicted octanol–water partition coefficient (Wildman–Crippen LogP) is 2.29. The molecule has 2 heterocycles. The van der Waals surface area contributed by atoms with Gasteiger partial charge in [-0.05, 0) is 36.4 Å². The minimum absolute atomic E-state index is 0.0225. The van der Waals surface area contributed by atoms with Gasteiger partial charge in [-0.3, -0.25) is 4.79 Å². The van der Waals surface area contributed by atoms with Crippen molar-refractivity contribution in [2.24, 2.45) is 0 Å². The highest BCUT2D eigenvalue weighted by Gasteiger charge is 2.26. The first kappa shape index (κ1) is 20.0. The van der Waals surface area contributed by atoms with Gasteiger partial charge in [-0.15, -0.1) is 0 Å². The predicted molar refractivity (Wildman–Crippen MR) is 116 cm³/mol. The molecule has 1 amide bonds. The van der Waals surface area contributed by atoms with Crippen molar-refractivity contribution in [2.75, 3.05) is 44.7 Å². The van der Waals surface area contributed by atoms with Crippen molar-refractivity contribution in [1.82, 2.24) is 4.90 Å². The zero-order valence-corrected chi connectivity index (χ0v) is 17.2. The first-order valence-electron chi connectivity index (χ1n) is 10.3. The molecule has 2 aromatic carbocycles. The van der Waals surface area contributed by atoms with Crippen LogP contribution in [0.2, 0.25) is 0 Å². The molecule has 30 heavy (non-hydrogen) atoms. The van der Waals surface area contributed by atoms with Crippen LogP contribution in [0.4, 0.5) is 5.69 Å². The van der Waals surface area contributed by atoms with E-state index in [1.165, 1.54) is 0 Å². The lowest BCUT2D eigenvalue weighted by Crippen LogP contribution is -2.88. The van der Waals surface area contributed by atoms with Crippen LogP contribution in [0.5, 0.6) is 5.75 Å². The van der Waals surface area contributed by atoms with Gasteiger partial charge in [-0.25, -0.2) is 0 Å². The molecule has 1 atom stereocenters. The number of nitrogens with zero attached hydrogens (tertiary/aromatic N) is 2. The van der Waals surface area contributed by atoms with Gasteiger partial charge in [0.15, 0.2) is 18.3 Å². The fourth-order valence-electron chi connectivity index (χ4n) is 3.90. The van der Waals surface area contributed by atoms with Crippen LogP contribution in [-0.2, 0) is 4.79 Å². The number of amides is 1. The molecule has 3 aromatic rings. The standard InChI is InChI=1S/C24H27N3O3/c1-29-21-11-9-20(10-12-21)26-13-15-27(16-14-26)23(28)18-25-24(22-8-5-17-30-22)19-6-3-2-4-7-19/h2-12,17,24-25H,13-16,18H2,1H3/p+1/t24-/m0/s1. The summed E-state index contributed by atoms with van der Waals surface area (Å²) in [6.45, 7) is 3.52. The molecule has 0 bridgehead atoms. The normalized spacial score (nSPS) is 15.1. The quantitative estimate of drug-likeness (QED) is 0.654. The molecule has 6 heteroatoms. The number of anilines is 1. The molecule has 6 nitrogen and oxygen atoms in total. The molecule has 0 saturated carbocycles. The number of rotatable bonds is 7. The lowest BCUT2D eigenvalue weighted by molar-refractivity contribution is -0.679. The molecule has 1 aliphatic rings. The van der Waals surface area contributed by atoms with Crippen molar-refractivity contribution >= 4 is 11.6 Å². The SMILES string of the molecule is COc1ccc(N2CCN(C(=O)C[NH2+][C@@H](c3ccccc3)c3ccco3)CC2)cc1. The van der Waals surface area contributed by atoms with Gasteiger partial charge in [-0.2, -0.15) is 0 Å². The molecule has 1 aromatic heterocycles. The molecule has 2 N–H and O–H groups in total. The number of ether oxygens (including phenoxy) is 1. The third kappa shape index (κ3) is 4.66. The molecule has 156 valence electrons. The second kappa shape index (κ2) is 9.50. The van der Waals surface area contributed by atoms with Gasteiger partial charge in [0.25, 0.3) is 5.91 Å². The van der Waals surface area contributed by atoms with Crippen LogP contribution in [0.1, 0.15) is 17.4 Å². The molecule has 1 saturated heterocycles. The zero-order chi connectivity index (χ0) is 20.8. The summed E-state index contributed by atoms with van der Waals surface area (Å²) >= 11 is 0. The number of hydrogen-bond acceptors (Lipinski definition) is 4. The summed E-state index contributed by atoms with van der Waals surface area (Å²) in [6.07, 6.45) is 1.68. The second-order valence-electron chi connectivity index (χ2n) is 7.41. The Labute approximate surface area is 177 Å². The van der Waals surface area contributed by atoms with Gasteiger partial charge in [0.05, 0.1) is 13.4 Å². The van der Waals surface area contributed by atoms with Crippen LogP contribution in [0.3, 0.4) is 0 Å². The van der Waals surface area contributed by atoms with E-state index in [1.54, 1.807) is 13.4 Å². The Morgan fingerprint density at radius 1 is 1.00 bits per heavy atom. The Morgan fingerprint density at radius 2 is 1.73 bits per heavy atom. The van der Waals surface area contributed by atoms with Gasteiger partial charge in [-0.1, -0.05) is 30.3 Å². The van der Waals surface area contributed by atoms with E-state index in [0.717, 1.165) is 48.9 Å². The number of piperazine rings is 1. The number of quaternary nitrogens is 1. The Hall–Kier alpha value is -3.25. The fraction of sp³-hybridized carbons (Fsp3) is 0.292. The number of carbonyl (C=O) groups excluding carboxylic acids is 1. The number of nitrogens with two attached hydrogens (primary N) is 1. The van der Waals surface area contributed by atoms with Gasteiger partial charge in [0.2, 0.25) is 0 Å². The number of furan rings is 1. The van der Waals surface area contributed by atoms with Gasteiger partial charge < -0.3 is 24.3 Å². The summed E-state index contributed by atoms with van der Waals surface area (Å²) in [6, 6.07) is 22.1. The van der Waals surface area contributed by atoms with E-state index in [4.69, 9.17) is 9.15 Å². The summed E-state index contributed by atoms with van der Waals surface area (Å²) in [5.74, 6) is 1.88. The van der Waals surface area contributed by atoms with Crippen molar-refractivity contribution in [2.45, 2.75) is 6.04 Å². The van der Waals surface area contributed by atoms with Crippen LogP contribution in [0, 0.1) is 0 Å². The lowest BCUT2D eigenvalue weighted by atomic mass is 10.0. The summed E-state index contributed by atoms with van der Waals surface area (Å²) < 4.78 is 10.9. The van der Waals surface area contributed by atoms with Crippen LogP contribution >= 0.6 is 0 Å². The van der Waals surface area contributed by atoms with Crippen LogP contribution in [0.15, 0.2) is 77.4 Å². The van der Waals surface area contributed by atoms with Crippen molar-refractivity contribution < 1.29 is 19.3 Å². The zero-order valence-electron chi connectivity index (χ0n) is 17.2. The molecule has 1 aliphatic heterocycles. The topological polar surface area (TPSA) is 62.5 Å². The Kier molecular flexibility index (Phi) is 6.35. The fourth-order valence-corrected chi connectivity index (χ4v) is 3.90. The maximum Gasteiger partial charge on any atom is 0.277 e. The first-order valence-corrected chi connectivity index (χ1v) is 10.3. The van der Waals surface area contributed by atoms with E-state index in [9.17, 15) is 4.79 Å². The second-order valence-corrected chi connectivity index (χ2v) is 7.41. The maximum absolute atomic E-state index is 12.9. The van der Waals surface area contributed by atoms with Crippen molar-refractivity contribution in [3.8, 4) is 5.75 Å². The van der Waals surface area contributed by atoms with E-state index >= 15 is 0 Å². The summed E-state index contributed by atoms with van der Waals surface area (Å²) in [5, 5.41) is 2.06. The van der Waals surface area contributed by atoms with Crippen molar-refractivity contribution in [3.05, 3.63) is 84.3 Å². The highest BCUT2D eigenvalue weighted by atomic mass is 16.5. The lowest BCUT2D eigenvalue weighted by Gasteiger charge is -2.36. The molecule has 1 fully saturated rings. The first-order chi connectivity index (χ1) is 14.7. The average molecular weight is 407 g/mol. The monoisotopic (exact) mass is 406 g/mol. The molecule has 0 spiro atoms. The molecule has 4 rings (SSSR count). The van der Waals surface area contributed by atoms with Gasteiger partial charge in [0, 0.05) is 37.4 Å². The number of hydrogen-bond donors (Lipinski definition) is 1. The highest BCUT2D eigenvalue weighted by Crippen LogP contribution is 2.21. The number of carbonyl (C=O) groups is 1. The van der Waals surface area contributed by atoms with Gasteiger partial charge >= 0.3 is 0 Å². The number of benzene rings is 2. The summed E-state index contributed by atoms with van der Waals surface area (Å²) in [4.78, 5) is 17.1. The Morgan fingerprint density at radius 3 is 2.37 bits per heavy atom. The largest absolute Gasteiger partial charge is 0.497 e. The highest BCUT2D eigenvalue weighted by molar-refractivity contribution is 5.77. The summed E-state index contributed by atoms with van der Waals surface area (Å²) in [7, 11) is 1.67. The molecule has 0 unspecified atom stereocenters. The Bertz CT molecular complexity index is 918. The van der Waals surface area contributed by atoms with E-state index in [2.05, 4.69) is 34.5 Å². The molecule has 0 aliphatic carbocycles. The average Bonchev–Trinajstić information content (AvgIpc) is 3.35. The van der Waals surface area contributed by atoms with E-state index < -0.39 is 0 Å². The van der Waals surface area contributed by atoms with Gasteiger partial charge in [0.1, 0.15) is 5.75 Å². The van der Waals surface area contributed by atoms with E-state index in [1.807, 2.05) is 47.4 Å². The summed E-state index contributed by atoms with van der Waals surface area (Å²) in [5.41, 5.74) is 2.29. The minimum Gasteiger partial charge on any atom is -0.497 e. The van der Waals surface area contributed by atoms with Crippen molar-refractivity contribution in [3.63, 3.8) is 0 Å².